The van der Waals surface area contributed by atoms with E-state index in [1.165, 1.54) is 13.2 Å². The maximum Gasteiger partial charge on any atom is 0.244 e. The SMILES string of the molecule is COc1c(Br)cc(Cl)cc1S(=O)(=O)NC1CCC(C)C1. The first kappa shape index (κ1) is 16.1. The molecule has 7 heteroatoms. The summed E-state index contributed by atoms with van der Waals surface area (Å²) >= 11 is 9.22. The molecule has 112 valence electrons. The van der Waals surface area contributed by atoms with Crippen molar-refractivity contribution in [3.63, 3.8) is 0 Å². The second-order valence-electron chi connectivity index (χ2n) is 5.16. The summed E-state index contributed by atoms with van der Waals surface area (Å²) in [4.78, 5) is 0.0685. The van der Waals surface area contributed by atoms with Crippen molar-refractivity contribution >= 4 is 37.6 Å². The summed E-state index contributed by atoms with van der Waals surface area (Å²) in [6.45, 7) is 2.13. The third-order valence-corrected chi connectivity index (χ3v) is 5.82. The number of rotatable bonds is 4. The van der Waals surface area contributed by atoms with Crippen molar-refractivity contribution in [3.05, 3.63) is 21.6 Å². The highest BCUT2D eigenvalue weighted by molar-refractivity contribution is 9.10. The number of hydrogen-bond acceptors (Lipinski definition) is 3. The van der Waals surface area contributed by atoms with Crippen LogP contribution in [-0.2, 0) is 10.0 Å². The van der Waals surface area contributed by atoms with Gasteiger partial charge in [0.25, 0.3) is 0 Å². The molecule has 0 amide bonds. The largest absolute Gasteiger partial charge is 0.494 e. The van der Waals surface area contributed by atoms with Crippen LogP contribution in [-0.4, -0.2) is 21.6 Å². The third-order valence-electron chi connectivity index (χ3n) is 3.48. The molecule has 0 spiro atoms. The van der Waals surface area contributed by atoms with Crippen LogP contribution in [0.15, 0.2) is 21.5 Å². The number of methoxy groups -OCH3 is 1. The van der Waals surface area contributed by atoms with Gasteiger partial charge in [0, 0.05) is 11.1 Å². The van der Waals surface area contributed by atoms with E-state index >= 15 is 0 Å². The molecule has 20 heavy (non-hydrogen) atoms. The molecule has 0 radical (unpaired) electrons. The standard InChI is InChI=1S/C13H17BrClNO3S/c1-8-3-4-10(5-8)16-20(17,18)12-7-9(15)6-11(14)13(12)19-2/h6-8,10,16H,3-5H2,1-2H3. The monoisotopic (exact) mass is 381 g/mol. The Morgan fingerprint density at radius 2 is 2.10 bits per heavy atom. The van der Waals surface area contributed by atoms with Crippen LogP contribution in [0.25, 0.3) is 0 Å². The quantitative estimate of drug-likeness (QED) is 0.866. The smallest absolute Gasteiger partial charge is 0.244 e. The number of benzene rings is 1. The predicted molar refractivity (Wildman–Crippen MR) is 82.8 cm³/mol. The summed E-state index contributed by atoms with van der Waals surface area (Å²) in [6.07, 6.45) is 2.78. The van der Waals surface area contributed by atoms with Gasteiger partial charge in [0.05, 0.1) is 11.6 Å². The van der Waals surface area contributed by atoms with E-state index in [0.717, 1.165) is 19.3 Å². The van der Waals surface area contributed by atoms with E-state index in [1.807, 2.05) is 0 Å². The first-order chi connectivity index (χ1) is 9.33. The number of halogens is 2. The molecule has 2 atom stereocenters. The summed E-state index contributed by atoms with van der Waals surface area (Å²) in [5, 5.41) is 0.345. The zero-order valence-electron chi connectivity index (χ0n) is 11.3. The van der Waals surface area contributed by atoms with Crippen LogP contribution in [0, 0.1) is 5.92 Å². The number of ether oxygens (including phenoxy) is 1. The molecular weight excluding hydrogens is 366 g/mol. The van der Waals surface area contributed by atoms with Crippen molar-refractivity contribution in [3.8, 4) is 5.75 Å². The molecule has 1 aromatic rings. The average Bonchev–Trinajstić information content (AvgIpc) is 2.73. The van der Waals surface area contributed by atoms with Crippen molar-refractivity contribution < 1.29 is 13.2 Å². The Morgan fingerprint density at radius 1 is 1.40 bits per heavy atom. The second-order valence-corrected chi connectivity index (χ2v) is 8.13. The topological polar surface area (TPSA) is 55.4 Å². The Bertz CT molecular complexity index is 606. The first-order valence-corrected chi connectivity index (χ1v) is 9.04. The van der Waals surface area contributed by atoms with Crippen LogP contribution in [0.1, 0.15) is 26.2 Å². The molecule has 1 fully saturated rings. The van der Waals surface area contributed by atoms with Crippen LogP contribution in [0.2, 0.25) is 5.02 Å². The number of hydrogen-bond donors (Lipinski definition) is 1. The molecule has 1 aliphatic carbocycles. The Balaban J connectivity index is 2.34. The van der Waals surface area contributed by atoms with Gasteiger partial charge in [-0.15, -0.1) is 0 Å². The molecule has 1 N–H and O–H groups in total. The van der Waals surface area contributed by atoms with Crippen LogP contribution >= 0.6 is 27.5 Å². The van der Waals surface area contributed by atoms with Gasteiger partial charge in [-0.2, -0.15) is 0 Å². The van der Waals surface area contributed by atoms with Crippen molar-refractivity contribution in [2.24, 2.45) is 5.92 Å². The fourth-order valence-electron chi connectivity index (χ4n) is 2.53. The molecule has 0 saturated heterocycles. The lowest BCUT2D eigenvalue weighted by Gasteiger charge is -2.16. The van der Waals surface area contributed by atoms with Crippen molar-refractivity contribution in [2.45, 2.75) is 37.1 Å². The van der Waals surface area contributed by atoms with Gasteiger partial charge in [-0.05, 0) is 53.2 Å². The minimum atomic E-state index is -3.64. The van der Waals surface area contributed by atoms with E-state index < -0.39 is 10.0 Å². The fraction of sp³-hybridized carbons (Fsp3) is 0.538. The van der Waals surface area contributed by atoms with Gasteiger partial charge < -0.3 is 4.74 Å². The lowest BCUT2D eigenvalue weighted by atomic mass is 10.1. The molecular formula is C13H17BrClNO3S. The highest BCUT2D eigenvalue weighted by Crippen LogP contribution is 2.36. The van der Waals surface area contributed by atoms with Crippen molar-refractivity contribution in [1.82, 2.24) is 4.72 Å². The van der Waals surface area contributed by atoms with Gasteiger partial charge in [-0.3, -0.25) is 0 Å². The van der Waals surface area contributed by atoms with Crippen molar-refractivity contribution in [1.29, 1.82) is 0 Å². The van der Waals surface area contributed by atoms with Crippen molar-refractivity contribution in [2.75, 3.05) is 7.11 Å². The predicted octanol–water partition coefficient (Wildman–Crippen LogP) is 3.58. The molecule has 2 unspecified atom stereocenters. The van der Waals surface area contributed by atoms with Crippen LogP contribution in [0.3, 0.4) is 0 Å². The van der Waals surface area contributed by atoms with E-state index in [0.29, 0.717) is 15.4 Å². The number of sulfonamides is 1. The van der Waals surface area contributed by atoms with Gasteiger partial charge >= 0.3 is 0 Å². The van der Waals surface area contributed by atoms with Gasteiger partial charge in [-0.1, -0.05) is 18.5 Å². The summed E-state index contributed by atoms with van der Waals surface area (Å²) in [7, 11) is -2.21. The van der Waals surface area contributed by atoms with E-state index in [9.17, 15) is 8.42 Å². The van der Waals surface area contributed by atoms with Gasteiger partial charge in [-0.25, -0.2) is 13.1 Å². The van der Waals surface area contributed by atoms with E-state index in [4.69, 9.17) is 16.3 Å². The summed E-state index contributed by atoms with van der Waals surface area (Å²) in [5.41, 5.74) is 0. The molecule has 0 bridgehead atoms. The first-order valence-electron chi connectivity index (χ1n) is 6.39. The zero-order valence-corrected chi connectivity index (χ0v) is 14.5. The average molecular weight is 383 g/mol. The van der Waals surface area contributed by atoms with Gasteiger partial charge in [0.1, 0.15) is 4.90 Å². The molecule has 1 aromatic carbocycles. The van der Waals surface area contributed by atoms with Gasteiger partial charge in [0.2, 0.25) is 10.0 Å². The van der Waals surface area contributed by atoms with E-state index in [1.54, 1.807) is 6.07 Å². The Kier molecular flexibility index (Phi) is 5.00. The molecule has 2 rings (SSSR count). The van der Waals surface area contributed by atoms with E-state index in [2.05, 4.69) is 27.6 Å². The van der Waals surface area contributed by atoms with Crippen LogP contribution < -0.4 is 9.46 Å². The Labute approximate surface area is 133 Å². The Hall–Kier alpha value is -0.300. The third kappa shape index (κ3) is 3.47. The maximum atomic E-state index is 12.5. The second kappa shape index (κ2) is 6.22. The minimum absolute atomic E-state index is 0.0162. The molecule has 4 nitrogen and oxygen atoms in total. The summed E-state index contributed by atoms with van der Waals surface area (Å²) in [6, 6.07) is 3.00. The normalized spacial score (nSPS) is 23.0. The Morgan fingerprint density at radius 3 is 2.65 bits per heavy atom. The lowest BCUT2D eigenvalue weighted by molar-refractivity contribution is 0.399. The van der Waals surface area contributed by atoms with Crippen LogP contribution in [0.4, 0.5) is 0 Å². The molecule has 1 saturated carbocycles. The maximum absolute atomic E-state index is 12.5. The summed E-state index contributed by atoms with van der Waals surface area (Å²) < 4.78 is 33.5. The fourth-order valence-corrected chi connectivity index (χ4v) is 5.20. The van der Waals surface area contributed by atoms with Gasteiger partial charge in [0.15, 0.2) is 5.75 Å². The highest BCUT2D eigenvalue weighted by Gasteiger charge is 2.29. The molecule has 0 aromatic heterocycles. The molecule has 1 aliphatic rings. The summed E-state index contributed by atoms with van der Waals surface area (Å²) in [5.74, 6) is 0.823. The van der Waals surface area contributed by atoms with Crippen LogP contribution in [0.5, 0.6) is 5.75 Å². The highest BCUT2D eigenvalue weighted by atomic mass is 79.9. The minimum Gasteiger partial charge on any atom is -0.494 e. The lowest BCUT2D eigenvalue weighted by Crippen LogP contribution is -2.33. The molecule has 0 heterocycles. The zero-order chi connectivity index (χ0) is 14.9. The van der Waals surface area contributed by atoms with E-state index in [-0.39, 0.29) is 16.7 Å². The number of nitrogens with one attached hydrogen (secondary N) is 1. The molecule has 0 aliphatic heterocycles.